The smallest absolute Gasteiger partial charge is 0.326 e. The standard InChI is InChI=1S/C50H68N14O10/c1-3-4-16-35(58-29(2)65)43(67)64-41-25-42(66)54-20-11-10-18-37(49(73)74)60-46(70)39(23-31-26-56-34-17-9-8-15-33(31)34)62-44(68)36(19-12-21-55-50(51)52)59-45(69)38(22-30-13-6-5-7-14-30)61-47(71)40(63-48(41)72)24-32-27-53-28-57-32/h5-9,13-15,17,26-28,35-41,56H,3-4,10-12,16,18-25H2,1-2H3,(H,53,57)(H,54,66)(H,58,65)(H,59,69)(H,60,70)(H,61,71)(H,62,68)(H,63,72)(H,64,67)(H,73,74)(H4,51,52,55)/t35-,36-,37-,38+,39-,40-,41?/m0/s1. The van der Waals surface area contributed by atoms with Gasteiger partial charge in [0.1, 0.15) is 42.3 Å². The molecule has 24 nitrogen and oxygen atoms in total. The Labute approximate surface area is 427 Å². The first-order chi connectivity index (χ1) is 35.5. The number of aromatic nitrogens is 3. The number of H-pyrrole nitrogens is 2. The van der Waals surface area contributed by atoms with Crippen molar-refractivity contribution in [3.05, 3.63) is 90.1 Å². The number of fused-ring (bicyclic) bond motifs is 1. The summed E-state index contributed by atoms with van der Waals surface area (Å²) in [4.78, 5) is 139. The van der Waals surface area contributed by atoms with Crippen LogP contribution < -0.4 is 54.0 Å². The van der Waals surface area contributed by atoms with E-state index in [4.69, 9.17) is 11.5 Å². The zero-order valence-corrected chi connectivity index (χ0v) is 41.5. The molecule has 1 aliphatic heterocycles. The lowest BCUT2D eigenvalue weighted by atomic mass is 10.0. The van der Waals surface area contributed by atoms with Gasteiger partial charge in [-0.15, -0.1) is 0 Å². The van der Waals surface area contributed by atoms with E-state index in [0.29, 0.717) is 29.7 Å². The van der Waals surface area contributed by atoms with Crippen molar-refractivity contribution in [2.75, 3.05) is 13.1 Å². The van der Waals surface area contributed by atoms with Crippen molar-refractivity contribution in [1.29, 1.82) is 0 Å². The van der Waals surface area contributed by atoms with Crippen LogP contribution in [0.3, 0.4) is 0 Å². The fraction of sp³-hybridized carbons (Fsp3) is 0.460. The lowest BCUT2D eigenvalue weighted by Crippen LogP contribution is -2.61. The number of hydrogen-bond donors (Lipinski definition) is 13. The van der Waals surface area contributed by atoms with E-state index in [-0.39, 0.29) is 76.8 Å². The number of carboxylic acids is 1. The number of benzene rings is 2. The van der Waals surface area contributed by atoms with Gasteiger partial charge in [-0.3, -0.25) is 43.3 Å². The number of nitrogens with one attached hydrogen (secondary N) is 10. The number of para-hydroxylation sites is 1. The molecule has 0 radical (unpaired) electrons. The van der Waals surface area contributed by atoms with Crippen LogP contribution in [0.15, 0.2) is 78.3 Å². The minimum atomic E-state index is -1.59. The first-order valence-corrected chi connectivity index (χ1v) is 24.7. The third kappa shape index (κ3) is 18.1. The van der Waals surface area contributed by atoms with Gasteiger partial charge in [-0.1, -0.05) is 68.3 Å². The molecule has 1 fully saturated rings. The van der Waals surface area contributed by atoms with Crippen molar-refractivity contribution < 1.29 is 48.3 Å². The number of aromatic amines is 2. The predicted molar refractivity (Wildman–Crippen MR) is 272 cm³/mol. The third-order valence-electron chi connectivity index (χ3n) is 12.3. The van der Waals surface area contributed by atoms with E-state index < -0.39 is 102 Å². The monoisotopic (exact) mass is 1020 g/mol. The highest BCUT2D eigenvalue weighted by Crippen LogP contribution is 2.20. The number of amides is 8. The summed E-state index contributed by atoms with van der Waals surface area (Å²) in [7, 11) is 0. The van der Waals surface area contributed by atoms with Crippen molar-refractivity contribution in [2.24, 2.45) is 16.5 Å². The van der Waals surface area contributed by atoms with Crippen molar-refractivity contribution >= 4 is 70.1 Å². The Morgan fingerprint density at radius 1 is 0.784 bits per heavy atom. The fourth-order valence-corrected chi connectivity index (χ4v) is 8.37. The second-order valence-electron chi connectivity index (χ2n) is 18.1. The second-order valence-corrected chi connectivity index (χ2v) is 18.1. The molecule has 2 aromatic heterocycles. The molecule has 1 aliphatic rings. The number of aliphatic carboxylic acids is 1. The number of carbonyl (C=O) groups excluding carboxylic acids is 8. The molecule has 398 valence electrons. The van der Waals surface area contributed by atoms with E-state index in [2.05, 4.69) is 62.5 Å². The lowest BCUT2D eigenvalue weighted by Gasteiger charge is -2.28. The number of aliphatic imine (C=N–C) groups is 1. The number of rotatable bonds is 17. The Hall–Kier alpha value is -8.31. The molecule has 4 aromatic rings. The molecule has 24 heteroatoms. The molecule has 1 unspecified atom stereocenters. The minimum Gasteiger partial charge on any atom is -0.480 e. The molecule has 15 N–H and O–H groups in total. The Morgan fingerprint density at radius 3 is 2.11 bits per heavy atom. The zero-order valence-electron chi connectivity index (χ0n) is 41.5. The fourth-order valence-electron chi connectivity index (χ4n) is 8.37. The largest absolute Gasteiger partial charge is 0.480 e. The molecule has 3 heterocycles. The molecule has 0 bridgehead atoms. The summed E-state index contributed by atoms with van der Waals surface area (Å²) in [6, 6.07) is 6.21. The summed E-state index contributed by atoms with van der Waals surface area (Å²) < 4.78 is 0. The van der Waals surface area contributed by atoms with E-state index in [1.54, 1.807) is 42.6 Å². The van der Waals surface area contributed by atoms with E-state index in [0.717, 1.165) is 10.9 Å². The molecule has 2 aromatic carbocycles. The third-order valence-corrected chi connectivity index (χ3v) is 12.3. The highest BCUT2D eigenvalue weighted by atomic mass is 16.4. The van der Waals surface area contributed by atoms with Gasteiger partial charge in [0.2, 0.25) is 47.3 Å². The number of nitrogens with zero attached hydrogens (tertiary/aromatic N) is 2. The van der Waals surface area contributed by atoms with Crippen LogP contribution in [0.4, 0.5) is 0 Å². The van der Waals surface area contributed by atoms with E-state index in [1.807, 2.05) is 25.1 Å². The number of carbonyl (C=O) groups is 9. The number of carboxylic acid groups (broad SMARTS) is 1. The zero-order chi connectivity index (χ0) is 53.6. The molecule has 0 spiro atoms. The van der Waals surface area contributed by atoms with Crippen LogP contribution in [0.25, 0.3) is 10.9 Å². The lowest BCUT2D eigenvalue weighted by molar-refractivity contribution is -0.142. The van der Waals surface area contributed by atoms with E-state index >= 15 is 0 Å². The normalized spacial score (nSPS) is 21.3. The molecule has 0 aliphatic carbocycles. The Bertz CT molecular complexity index is 2580. The summed E-state index contributed by atoms with van der Waals surface area (Å²) >= 11 is 0. The summed E-state index contributed by atoms with van der Waals surface area (Å²) in [6.45, 7) is 3.19. The summed E-state index contributed by atoms with van der Waals surface area (Å²) in [5.74, 6) is -7.80. The molecular formula is C50H68N14O10. The van der Waals surface area contributed by atoms with Crippen molar-refractivity contribution in [1.82, 2.24) is 57.5 Å². The quantitative estimate of drug-likeness (QED) is 0.0356. The first-order valence-electron chi connectivity index (χ1n) is 24.7. The van der Waals surface area contributed by atoms with Gasteiger partial charge in [-0.25, -0.2) is 9.78 Å². The Morgan fingerprint density at radius 2 is 1.43 bits per heavy atom. The highest BCUT2D eigenvalue weighted by Gasteiger charge is 2.35. The van der Waals surface area contributed by atoms with Gasteiger partial charge in [-0.2, -0.15) is 0 Å². The van der Waals surface area contributed by atoms with Crippen LogP contribution in [0, 0.1) is 0 Å². The number of guanidine groups is 1. The Kier molecular flexibility index (Phi) is 21.9. The molecule has 1 saturated heterocycles. The van der Waals surface area contributed by atoms with E-state index in [1.165, 1.54) is 19.4 Å². The highest BCUT2D eigenvalue weighted by molar-refractivity contribution is 5.99. The average Bonchev–Trinajstić information content (AvgIpc) is 4.04. The van der Waals surface area contributed by atoms with Gasteiger partial charge in [0, 0.05) is 68.3 Å². The predicted octanol–water partition coefficient (Wildman–Crippen LogP) is -0.649. The van der Waals surface area contributed by atoms with Crippen LogP contribution in [0.5, 0.6) is 0 Å². The number of nitrogens with two attached hydrogens (primary N) is 2. The number of imidazole rings is 1. The molecule has 74 heavy (non-hydrogen) atoms. The average molecular weight is 1030 g/mol. The minimum absolute atomic E-state index is 0.00489. The second kappa shape index (κ2) is 28.7. The van der Waals surface area contributed by atoms with Crippen LogP contribution in [-0.4, -0.2) is 135 Å². The van der Waals surface area contributed by atoms with Crippen molar-refractivity contribution in [2.45, 2.75) is 133 Å². The van der Waals surface area contributed by atoms with Gasteiger partial charge in [-0.05, 0) is 55.7 Å². The van der Waals surface area contributed by atoms with Gasteiger partial charge in [0.05, 0.1) is 12.7 Å². The van der Waals surface area contributed by atoms with Gasteiger partial charge >= 0.3 is 5.97 Å². The maximum Gasteiger partial charge on any atom is 0.326 e. The summed E-state index contributed by atoms with van der Waals surface area (Å²) in [5, 5.41) is 32.3. The Balaban J connectivity index is 1.55. The van der Waals surface area contributed by atoms with E-state index in [9.17, 15) is 48.3 Å². The molecule has 8 amide bonds. The van der Waals surface area contributed by atoms with Crippen molar-refractivity contribution in [3.8, 4) is 0 Å². The molecular weight excluding hydrogens is 957 g/mol. The van der Waals surface area contributed by atoms with Gasteiger partial charge in [0.15, 0.2) is 5.96 Å². The molecule has 7 atom stereocenters. The number of hydrogen-bond acceptors (Lipinski definition) is 11. The van der Waals surface area contributed by atoms with Crippen molar-refractivity contribution in [3.63, 3.8) is 0 Å². The SMILES string of the molecule is CCCC[C@H](NC(C)=O)C(=O)NC1CC(=O)NCCCC[C@@H](C(=O)O)NC(=O)[C@H](Cc2c[nH]c3ccccc23)NC(=O)[C@H](CCCN=C(N)N)NC(=O)[C@@H](Cc2ccccc2)NC(=O)[C@H](Cc2cnc[nH]2)NC1=O. The van der Waals surface area contributed by atoms with Gasteiger partial charge in [0.25, 0.3) is 0 Å². The van der Waals surface area contributed by atoms with Crippen LogP contribution >= 0.6 is 0 Å². The first kappa shape index (κ1) is 56.6. The van der Waals surface area contributed by atoms with Crippen LogP contribution in [-0.2, 0) is 62.4 Å². The topological polar surface area (TPSA) is 379 Å². The maximum absolute atomic E-state index is 14.7. The van der Waals surface area contributed by atoms with Gasteiger partial charge < -0.3 is 69.1 Å². The summed E-state index contributed by atoms with van der Waals surface area (Å²) in [6.07, 6.45) is 5.28. The number of unbranched alkanes of at least 4 members (excludes halogenated alkanes) is 1. The molecule has 5 rings (SSSR count). The maximum atomic E-state index is 14.7. The molecule has 0 saturated carbocycles. The summed E-state index contributed by atoms with van der Waals surface area (Å²) in [5.41, 5.74) is 13.5. The van der Waals surface area contributed by atoms with Crippen LogP contribution in [0.1, 0.15) is 88.5 Å². The van der Waals surface area contributed by atoms with Crippen LogP contribution in [0.2, 0.25) is 0 Å².